The summed E-state index contributed by atoms with van der Waals surface area (Å²) in [6.45, 7) is -2.27. The van der Waals surface area contributed by atoms with Crippen molar-refractivity contribution in [3.8, 4) is 11.5 Å². The van der Waals surface area contributed by atoms with Gasteiger partial charge in [0.1, 0.15) is 0 Å². The van der Waals surface area contributed by atoms with Crippen molar-refractivity contribution in [2.24, 2.45) is 5.92 Å². The zero-order valence-corrected chi connectivity index (χ0v) is 13.7. The minimum atomic E-state index is -2.96. The van der Waals surface area contributed by atoms with E-state index >= 15 is 0 Å². The maximum absolute atomic E-state index is 12.3. The number of ether oxygens (including phenoxy) is 2. The number of hydrogen-bond acceptors (Lipinski definition) is 4. The molecule has 6 nitrogen and oxygen atoms in total. The van der Waals surface area contributed by atoms with Crippen molar-refractivity contribution in [2.75, 3.05) is 20.2 Å². The quantitative estimate of drug-likeness (QED) is 0.794. The van der Waals surface area contributed by atoms with Crippen LogP contribution in [0.1, 0.15) is 18.4 Å². The highest BCUT2D eigenvalue weighted by molar-refractivity contribution is 5.92. The fourth-order valence-electron chi connectivity index (χ4n) is 2.63. The van der Waals surface area contributed by atoms with E-state index in [0.29, 0.717) is 24.9 Å². The third-order valence-electron chi connectivity index (χ3n) is 3.90. The maximum atomic E-state index is 12.3. The van der Waals surface area contributed by atoms with Crippen LogP contribution in [-0.4, -0.2) is 48.7 Å². The molecule has 25 heavy (non-hydrogen) atoms. The second-order valence-electron chi connectivity index (χ2n) is 5.58. The first-order valence-electron chi connectivity index (χ1n) is 7.73. The van der Waals surface area contributed by atoms with E-state index in [1.54, 1.807) is 0 Å². The molecule has 136 valence electrons. The lowest BCUT2D eigenvalue weighted by molar-refractivity contribution is -0.144. The number of likely N-dealkylation sites (tertiary alicyclic amines) is 1. The summed E-state index contributed by atoms with van der Waals surface area (Å²) in [5.41, 5.74) is 0.568. The van der Waals surface area contributed by atoms with Gasteiger partial charge in [0.25, 0.3) is 0 Å². The van der Waals surface area contributed by atoms with E-state index in [1.807, 2.05) is 0 Å². The molecular formula is C17H19F2NO5. The van der Waals surface area contributed by atoms with Gasteiger partial charge < -0.3 is 19.5 Å². The normalized spacial score (nSPS) is 17.8. The Bertz CT molecular complexity index is 662. The molecule has 0 radical (unpaired) electrons. The molecule has 0 aromatic heterocycles. The van der Waals surface area contributed by atoms with Crippen molar-refractivity contribution in [2.45, 2.75) is 19.5 Å². The molecule has 0 aliphatic carbocycles. The number of aliphatic carboxylic acids is 1. The standard InChI is InChI=1S/C17H19F2NO5/c1-24-14-9-11(4-6-13(14)25-17(18)19)5-7-15(21)20-8-2-3-12(10-20)16(22)23/h4-7,9,12,17H,2-3,8,10H2,1H3,(H,22,23)/b7-5-/t12-/m0/s1. The monoisotopic (exact) mass is 355 g/mol. The van der Waals surface area contributed by atoms with Gasteiger partial charge in [-0.3, -0.25) is 9.59 Å². The third-order valence-corrected chi connectivity index (χ3v) is 3.90. The number of benzene rings is 1. The zero-order valence-electron chi connectivity index (χ0n) is 13.7. The first-order chi connectivity index (χ1) is 11.9. The van der Waals surface area contributed by atoms with Gasteiger partial charge in [-0.25, -0.2) is 0 Å². The van der Waals surface area contributed by atoms with Gasteiger partial charge in [-0.2, -0.15) is 8.78 Å². The Kier molecular flexibility index (Phi) is 6.32. The van der Waals surface area contributed by atoms with Gasteiger partial charge >= 0.3 is 12.6 Å². The molecular weight excluding hydrogens is 336 g/mol. The summed E-state index contributed by atoms with van der Waals surface area (Å²) in [7, 11) is 1.33. The molecule has 1 aliphatic heterocycles. The number of piperidine rings is 1. The maximum Gasteiger partial charge on any atom is 0.387 e. The lowest BCUT2D eigenvalue weighted by Gasteiger charge is -2.29. The van der Waals surface area contributed by atoms with Crippen LogP contribution in [0.5, 0.6) is 11.5 Å². The summed E-state index contributed by atoms with van der Waals surface area (Å²) < 4.78 is 33.9. The number of amides is 1. The predicted octanol–water partition coefficient (Wildman–Crippen LogP) is 2.63. The first kappa shape index (κ1) is 18.7. The van der Waals surface area contributed by atoms with Gasteiger partial charge in [0.15, 0.2) is 11.5 Å². The summed E-state index contributed by atoms with van der Waals surface area (Å²) in [6.07, 6.45) is 4.05. The lowest BCUT2D eigenvalue weighted by Crippen LogP contribution is -2.41. The molecule has 0 spiro atoms. The van der Waals surface area contributed by atoms with Gasteiger partial charge in [0.2, 0.25) is 5.91 Å². The highest BCUT2D eigenvalue weighted by Crippen LogP contribution is 2.30. The van der Waals surface area contributed by atoms with Gasteiger partial charge in [0.05, 0.1) is 13.0 Å². The molecule has 0 unspecified atom stereocenters. The van der Waals surface area contributed by atoms with Crippen LogP contribution in [-0.2, 0) is 9.59 Å². The Hall–Kier alpha value is -2.64. The molecule has 0 saturated carbocycles. The number of carboxylic acid groups (broad SMARTS) is 1. The molecule has 8 heteroatoms. The third kappa shape index (κ3) is 5.17. The van der Waals surface area contributed by atoms with E-state index < -0.39 is 18.5 Å². The largest absolute Gasteiger partial charge is 0.493 e. The van der Waals surface area contributed by atoms with Crippen LogP contribution < -0.4 is 9.47 Å². The average molecular weight is 355 g/mol. The van der Waals surface area contributed by atoms with Gasteiger partial charge in [-0.05, 0) is 36.6 Å². The average Bonchev–Trinajstić information content (AvgIpc) is 2.60. The number of carbonyl (C=O) groups is 2. The Morgan fingerprint density at radius 2 is 2.12 bits per heavy atom. The smallest absolute Gasteiger partial charge is 0.387 e. The fourth-order valence-corrected chi connectivity index (χ4v) is 2.63. The van der Waals surface area contributed by atoms with Crippen LogP contribution in [0.25, 0.3) is 6.08 Å². The SMILES string of the molecule is COc1cc(/C=C\C(=O)N2CCC[C@H](C(=O)O)C2)ccc1OC(F)F. The molecule has 2 rings (SSSR count). The van der Waals surface area contributed by atoms with Crippen molar-refractivity contribution in [3.05, 3.63) is 29.8 Å². The number of hydrogen-bond donors (Lipinski definition) is 1. The molecule has 1 N–H and O–H groups in total. The number of methoxy groups -OCH3 is 1. The molecule has 1 fully saturated rings. The van der Waals surface area contributed by atoms with Crippen molar-refractivity contribution in [3.63, 3.8) is 0 Å². The van der Waals surface area contributed by atoms with E-state index in [1.165, 1.54) is 42.4 Å². The molecule has 1 aromatic carbocycles. The fraction of sp³-hybridized carbons (Fsp3) is 0.412. The van der Waals surface area contributed by atoms with Crippen LogP contribution in [0.4, 0.5) is 8.78 Å². The van der Waals surface area contributed by atoms with E-state index in [9.17, 15) is 18.4 Å². The molecule has 1 amide bonds. The van der Waals surface area contributed by atoms with Crippen LogP contribution >= 0.6 is 0 Å². The summed E-state index contributed by atoms with van der Waals surface area (Å²) in [5.74, 6) is -1.71. The minimum Gasteiger partial charge on any atom is -0.493 e. The van der Waals surface area contributed by atoms with E-state index in [2.05, 4.69) is 4.74 Å². The predicted molar refractivity (Wildman–Crippen MR) is 85.6 cm³/mol. The Labute approximate surface area is 143 Å². The second kappa shape index (κ2) is 8.46. The Morgan fingerprint density at radius 1 is 1.36 bits per heavy atom. The van der Waals surface area contributed by atoms with E-state index in [-0.39, 0.29) is 24.0 Å². The Balaban J connectivity index is 2.05. The van der Waals surface area contributed by atoms with Gasteiger partial charge in [-0.1, -0.05) is 6.07 Å². The summed E-state index contributed by atoms with van der Waals surface area (Å²) in [4.78, 5) is 24.7. The molecule has 1 saturated heterocycles. The van der Waals surface area contributed by atoms with Crippen molar-refractivity contribution in [1.82, 2.24) is 4.90 Å². The molecule has 1 aromatic rings. The molecule has 1 heterocycles. The van der Waals surface area contributed by atoms with Crippen LogP contribution in [0.15, 0.2) is 24.3 Å². The van der Waals surface area contributed by atoms with Crippen molar-refractivity contribution in [1.29, 1.82) is 0 Å². The van der Waals surface area contributed by atoms with Crippen LogP contribution in [0, 0.1) is 5.92 Å². The van der Waals surface area contributed by atoms with Crippen LogP contribution in [0.2, 0.25) is 0 Å². The van der Waals surface area contributed by atoms with E-state index in [0.717, 1.165) is 0 Å². The van der Waals surface area contributed by atoms with Crippen molar-refractivity contribution >= 4 is 18.0 Å². The summed E-state index contributed by atoms with van der Waals surface area (Å²) >= 11 is 0. The van der Waals surface area contributed by atoms with Crippen molar-refractivity contribution < 1.29 is 33.0 Å². The minimum absolute atomic E-state index is 0.0960. The highest BCUT2D eigenvalue weighted by Gasteiger charge is 2.27. The zero-order chi connectivity index (χ0) is 18.4. The van der Waals surface area contributed by atoms with Gasteiger partial charge in [-0.15, -0.1) is 0 Å². The van der Waals surface area contributed by atoms with E-state index in [4.69, 9.17) is 9.84 Å². The molecule has 0 bridgehead atoms. The summed E-state index contributed by atoms with van der Waals surface area (Å²) in [5, 5.41) is 9.06. The number of rotatable bonds is 6. The topological polar surface area (TPSA) is 76.1 Å². The number of nitrogens with zero attached hydrogens (tertiary/aromatic N) is 1. The number of carboxylic acids is 1. The highest BCUT2D eigenvalue weighted by atomic mass is 19.3. The lowest BCUT2D eigenvalue weighted by atomic mass is 9.98. The van der Waals surface area contributed by atoms with Crippen LogP contribution in [0.3, 0.4) is 0 Å². The molecule has 1 aliphatic rings. The molecule has 1 atom stereocenters. The van der Waals surface area contributed by atoms with Gasteiger partial charge in [0, 0.05) is 19.2 Å². The number of carbonyl (C=O) groups excluding carboxylic acids is 1. The number of alkyl halides is 2. The number of halogens is 2. The first-order valence-corrected chi connectivity index (χ1v) is 7.73. The summed E-state index contributed by atoms with van der Waals surface area (Å²) in [6, 6.07) is 4.31. The second-order valence-corrected chi connectivity index (χ2v) is 5.58. The Morgan fingerprint density at radius 3 is 2.76 bits per heavy atom.